The van der Waals surface area contributed by atoms with Crippen LogP contribution in [0.4, 0.5) is 10.1 Å². The molecule has 0 atom stereocenters. The molecule has 6 heteroatoms. The molecule has 88 valence electrons. The quantitative estimate of drug-likeness (QED) is 0.891. The van der Waals surface area contributed by atoms with E-state index in [1.807, 2.05) is 0 Å². The molecule has 0 saturated heterocycles. The lowest BCUT2D eigenvalue weighted by atomic mass is 10.3. The van der Waals surface area contributed by atoms with Crippen LogP contribution in [0.2, 0.25) is 5.02 Å². The van der Waals surface area contributed by atoms with Crippen molar-refractivity contribution in [3.8, 4) is 5.69 Å². The molecule has 17 heavy (non-hydrogen) atoms. The predicted molar refractivity (Wildman–Crippen MR) is 64.3 cm³/mol. The van der Waals surface area contributed by atoms with Gasteiger partial charge in [0.1, 0.15) is 10.8 Å². The Morgan fingerprint density at radius 1 is 1.35 bits per heavy atom. The third kappa shape index (κ3) is 2.14. The van der Waals surface area contributed by atoms with E-state index >= 15 is 0 Å². The van der Waals surface area contributed by atoms with Gasteiger partial charge in [0.05, 0.1) is 17.6 Å². The lowest BCUT2D eigenvalue weighted by Gasteiger charge is -2.07. The standard InChI is InChI=1S/C11H9ClFN3O/c1-14-9-6-15-16(11(17)10(9)12)8-4-2-7(13)3-5-8/h2-6,14H,1H3. The molecule has 1 N–H and O–H groups in total. The van der Waals surface area contributed by atoms with Gasteiger partial charge < -0.3 is 5.32 Å². The van der Waals surface area contributed by atoms with Crippen molar-refractivity contribution in [2.75, 3.05) is 12.4 Å². The average Bonchev–Trinajstić information content (AvgIpc) is 2.34. The minimum atomic E-state index is -0.454. The second-order valence-electron chi connectivity index (χ2n) is 3.32. The van der Waals surface area contributed by atoms with Gasteiger partial charge in [0.2, 0.25) is 0 Å². The number of halogens is 2. The van der Waals surface area contributed by atoms with Crippen molar-refractivity contribution in [3.05, 3.63) is 51.7 Å². The Kier molecular flexibility index (Phi) is 3.10. The fraction of sp³-hybridized carbons (Fsp3) is 0.0909. The Bertz CT molecular complexity index is 595. The van der Waals surface area contributed by atoms with Crippen molar-refractivity contribution >= 4 is 17.3 Å². The fourth-order valence-corrected chi connectivity index (χ4v) is 1.60. The molecule has 0 bridgehead atoms. The molecule has 0 unspecified atom stereocenters. The molecule has 0 aliphatic rings. The Morgan fingerprint density at radius 2 is 2.00 bits per heavy atom. The van der Waals surface area contributed by atoms with Crippen molar-refractivity contribution in [3.63, 3.8) is 0 Å². The molecule has 1 heterocycles. The summed E-state index contributed by atoms with van der Waals surface area (Å²) in [4.78, 5) is 11.9. The summed E-state index contributed by atoms with van der Waals surface area (Å²) < 4.78 is 13.9. The lowest BCUT2D eigenvalue weighted by Crippen LogP contribution is -2.22. The topological polar surface area (TPSA) is 46.9 Å². The highest BCUT2D eigenvalue weighted by molar-refractivity contribution is 6.32. The van der Waals surface area contributed by atoms with Crippen LogP contribution < -0.4 is 10.9 Å². The van der Waals surface area contributed by atoms with E-state index in [4.69, 9.17) is 11.6 Å². The highest BCUT2D eigenvalue weighted by Gasteiger charge is 2.09. The molecular formula is C11H9ClFN3O. The van der Waals surface area contributed by atoms with Gasteiger partial charge in [-0.1, -0.05) is 11.6 Å². The zero-order chi connectivity index (χ0) is 12.4. The molecule has 2 rings (SSSR count). The Labute approximate surface area is 102 Å². The summed E-state index contributed by atoms with van der Waals surface area (Å²) >= 11 is 5.87. The molecule has 1 aromatic heterocycles. The molecule has 0 amide bonds. The maximum Gasteiger partial charge on any atom is 0.292 e. The first-order valence-corrected chi connectivity index (χ1v) is 5.23. The van der Waals surface area contributed by atoms with Crippen LogP contribution in [0.1, 0.15) is 0 Å². The van der Waals surface area contributed by atoms with Gasteiger partial charge >= 0.3 is 0 Å². The molecule has 0 aliphatic carbocycles. The number of nitrogens with zero attached hydrogens (tertiary/aromatic N) is 2. The second-order valence-corrected chi connectivity index (χ2v) is 3.69. The first-order chi connectivity index (χ1) is 8.13. The van der Waals surface area contributed by atoms with E-state index in [0.29, 0.717) is 11.4 Å². The van der Waals surface area contributed by atoms with Gasteiger partial charge in [-0.2, -0.15) is 9.78 Å². The van der Waals surface area contributed by atoms with E-state index in [-0.39, 0.29) is 10.8 Å². The highest BCUT2D eigenvalue weighted by Crippen LogP contribution is 2.15. The van der Waals surface area contributed by atoms with E-state index in [1.54, 1.807) is 7.05 Å². The van der Waals surface area contributed by atoms with Crippen molar-refractivity contribution in [2.45, 2.75) is 0 Å². The van der Waals surface area contributed by atoms with E-state index in [9.17, 15) is 9.18 Å². The van der Waals surface area contributed by atoms with Gasteiger partial charge in [-0.3, -0.25) is 4.79 Å². The summed E-state index contributed by atoms with van der Waals surface area (Å²) in [6, 6.07) is 5.42. The van der Waals surface area contributed by atoms with Gasteiger partial charge in [0, 0.05) is 7.05 Å². The van der Waals surface area contributed by atoms with Crippen molar-refractivity contribution in [1.82, 2.24) is 9.78 Å². The minimum Gasteiger partial charge on any atom is -0.385 e. The first kappa shape index (κ1) is 11.6. The average molecular weight is 254 g/mol. The zero-order valence-electron chi connectivity index (χ0n) is 8.95. The maximum atomic E-state index is 12.8. The number of aromatic nitrogens is 2. The van der Waals surface area contributed by atoms with Crippen LogP contribution in [-0.2, 0) is 0 Å². The van der Waals surface area contributed by atoms with E-state index in [0.717, 1.165) is 4.68 Å². The normalized spacial score (nSPS) is 10.3. The lowest BCUT2D eigenvalue weighted by molar-refractivity contribution is 0.626. The molecular weight excluding hydrogens is 245 g/mol. The van der Waals surface area contributed by atoms with Crippen molar-refractivity contribution < 1.29 is 4.39 Å². The van der Waals surface area contributed by atoms with Crippen LogP contribution in [0.15, 0.2) is 35.3 Å². The third-order valence-corrected chi connectivity index (χ3v) is 2.62. The van der Waals surface area contributed by atoms with Gasteiger partial charge in [-0.25, -0.2) is 4.39 Å². The van der Waals surface area contributed by atoms with Crippen LogP contribution in [-0.4, -0.2) is 16.8 Å². The highest BCUT2D eigenvalue weighted by atomic mass is 35.5. The summed E-state index contributed by atoms with van der Waals surface area (Å²) in [6.07, 6.45) is 1.44. The van der Waals surface area contributed by atoms with Crippen LogP contribution in [0, 0.1) is 5.82 Å². The molecule has 4 nitrogen and oxygen atoms in total. The second kappa shape index (κ2) is 4.55. The molecule has 0 radical (unpaired) electrons. The SMILES string of the molecule is CNc1cnn(-c2ccc(F)cc2)c(=O)c1Cl. The Balaban J connectivity index is 2.57. The predicted octanol–water partition coefficient (Wildman–Crippen LogP) is 2.07. The molecule has 1 aromatic carbocycles. The van der Waals surface area contributed by atoms with Crippen LogP contribution in [0.25, 0.3) is 5.69 Å². The van der Waals surface area contributed by atoms with E-state index < -0.39 is 5.56 Å². The Morgan fingerprint density at radius 3 is 2.59 bits per heavy atom. The van der Waals surface area contributed by atoms with E-state index in [1.165, 1.54) is 30.5 Å². The summed E-state index contributed by atoms with van der Waals surface area (Å²) in [5.41, 5.74) is 0.459. The number of benzene rings is 1. The number of hydrogen-bond acceptors (Lipinski definition) is 3. The fourth-order valence-electron chi connectivity index (χ4n) is 1.37. The van der Waals surface area contributed by atoms with Gasteiger partial charge in [-0.15, -0.1) is 0 Å². The first-order valence-electron chi connectivity index (χ1n) is 4.85. The smallest absolute Gasteiger partial charge is 0.292 e. The van der Waals surface area contributed by atoms with Gasteiger partial charge in [-0.05, 0) is 24.3 Å². The van der Waals surface area contributed by atoms with Crippen molar-refractivity contribution in [1.29, 1.82) is 0 Å². The monoisotopic (exact) mass is 253 g/mol. The van der Waals surface area contributed by atoms with Crippen LogP contribution >= 0.6 is 11.6 Å². The third-order valence-electron chi connectivity index (χ3n) is 2.26. The molecule has 0 fully saturated rings. The summed E-state index contributed by atoms with van der Waals surface area (Å²) in [5.74, 6) is -0.375. The summed E-state index contributed by atoms with van der Waals surface area (Å²) in [5, 5.41) is 6.75. The molecule has 0 saturated carbocycles. The number of hydrogen-bond donors (Lipinski definition) is 1. The zero-order valence-corrected chi connectivity index (χ0v) is 9.70. The summed E-state index contributed by atoms with van der Waals surface area (Å²) in [6.45, 7) is 0. The van der Waals surface area contributed by atoms with Crippen LogP contribution in [0.5, 0.6) is 0 Å². The van der Waals surface area contributed by atoms with Crippen molar-refractivity contribution in [2.24, 2.45) is 0 Å². The largest absolute Gasteiger partial charge is 0.385 e. The number of nitrogens with one attached hydrogen (secondary N) is 1. The molecule has 0 aliphatic heterocycles. The van der Waals surface area contributed by atoms with E-state index in [2.05, 4.69) is 10.4 Å². The number of anilines is 1. The van der Waals surface area contributed by atoms with Gasteiger partial charge in [0.25, 0.3) is 5.56 Å². The minimum absolute atomic E-state index is 0.0480. The number of rotatable bonds is 2. The maximum absolute atomic E-state index is 12.8. The molecule has 2 aromatic rings. The summed E-state index contributed by atoms with van der Waals surface area (Å²) in [7, 11) is 1.64. The van der Waals surface area contributed by atoms with Gasteiger partial charge in [0.15, 0.2) is 0 Å². The Hall–Kier alpha value is -1.88. The van der Waals surface area contributed by atoms with Crippen LogP contribution in [0.3, 0.4) is 0 Å². The molecule has 0 spiro atoms.